The zero-order valence-electron chi connectivity index (χ0n) is 29.8. The minimum Gasteiger partial charge on any atom is -0.0622 e. The van der Waals surface area contributed by atoms with E-state index in [4.69, 9.17) is 0 Å². The predicted molar refractivity (Wildman–Crippen MR) is 232 cm³/mol. The smallest absolute Gasteiger partial charge is 0.00197 e. The second kappa shape index (κ2) is 13.5. The summed E-state index contributed by atoms with van der Waals surface area (Å²) in [6.45, 7) is 0. The molecule has 0 aliphatic heterocycles. The molecule has 10 aromatic rings. The minimum atomic E-state index is 1.20. The first-order chi connectivity index (χ1) is 26.8. The quantitative estimate of drug-likeness (QED) is 0.153. The summed E-state index contributed by atoms with van der Waals surface area (Å²) in [7, 11) is 0. The molecule has 10 aromatic carbocycles. The van der Waals surface area contributed by atoms with E-state index in [1.165, 1.54) is 99.1 Å². The second-order valence-electron chi connectivity index (χ2n) is 14.0. The lowest BCUT2D eigenvalue weighted by Gasteiger charge is -2.23. The van der Waals surface area contributed by atoms with Gasteiger partial charge in [-0.2, -0.15) is 0 Å². The van der Waals surface area contributed by atoms with Gasteiger partial charge in [-0.1, -0.05) is 194 Å². The summed E-state index contributed by atoms with van der Waals surface area (Å²) in [5.41, 5.74) is 14.6. The normalized spacial score (nSPS) is 11.3. The molecule has 0 bridgehead atoms. The molecule has 0 spiro atoms. The summed E-state index contributed by atoms with van der Waals surface area (Å²) in [4.78, 5) is 0. The number of fused-ring (bicyclic) bond motifs is 3. The molecule has 0 N–H and O–H groups in total. The van der Waals surface area contributed by atoms with Crippen molar-refractivity contribution in [2.75, 3.05) is 0 Å². The summed E-state index contributed by atoms with van der Waals surface area (Å²) >= 11 is 0. The molecule has 54 heavy (non-hydrogen) atoms. The van der Waals surface area contributed by atoms with Crippen LogP contribution in [0.3, 0.4) is 0 Å². The Morgan fingerprint density at radius 2 is 0.519 bits per heavy atom. The average molecular weight is 685 g/mol. The maximum absolute atomic E-state index is 2.43. The minimum absolute atomic E-state index is 1.20. The predicted octanol–water partition coefficient (Wildman–Crippen LogP) is 15.1. The van der Waals surface area contributed by atoms with Gasteiger partial charge in [0.2, 0.25) is 0 Å². The Bertz CT molecular complexity index is 2740. The van der Waals surface area contributed by atoms with Crippen LogP contribution in [0.4, 0.5) is 0 Å². The molecule has 0 saturated carbocycles. The highest BCUT2D eigenvalue weighted by Crippen LogP contribution is 2.50. The standard InChI is InChI=1S/C54H36/c1-5-17-37(18-6-1)43-29-31-45(39-21-9-3-10-22-39)49(35-43)53-47-27-15-16-28-48(47)54(52-34-42-26-14-13-25-41(42)33-51(52)53)50-36-44(38-19-7-2-8-20-38)30-32-46(50)40-23-11-4-12-24-40/h1-36H. The maximum Gasteiger partial charge on any atom is -0.00197 e. The van der Waals surface area contributed by atoms with Crippen molar-refractivity contribution in [2.45, 2.75) is 0 Å². The van der Waals surface area contributed by atoms with Gasteiger partial charge in [-0.25, -0.2) is 0 Å². The Hall–Kier alpha value is -7.02. The third-order valence-corrected chi connectivity index (χ3v) is 10.9. The van der Waals surface area contributed by atoms with E-state index in [0.29, 0.717) is 0 Å². The Morgan fingerprint density at radius 1 is 0.185 bits per heavy atom. The highest BCUT2D eigenvalue weighted by atomic mass is 14.3. The largest absolute Gasteiger partial charge is 0.0622 e. The van der Waals surface area contributed by atoms with Gasteiger partial charge in [0.1, 0.15) is 0 Å². The number of benzene rings is 10. The van der Waals surface area contributed by atoms with Gasteiger partial charge >= 0.3 is 0 Å². The van der Waals surface area contributed by atoms with Gasteiger partial charge in [0.15, 0.2) is 0 Å². The monoisotopic (exact) mass is 684 g/mol. The molecule has 0 amide bonds. The number of rotatable bonds is 6. The fourth-order valence-electron chi connectivity index (χ4n) is 8.30. The molecule has 0 radical (unpaired) electrons. The van der Waals surface area contributed by atoms with E-state index in [0.717, 1.165) is 0 Å². The fraction of sp³-hybridized carbons (Fsp3) is 0. The summed E-state index contributed by atoms with van der Waals surface area (Å²) in [6.07, 6.45) is 0. The molecule has 0 aromatic heterocycles. The van der Waals surface area contributed by atoms with Gasteiger partial charge in [-0.15, -0.1) is 0 Å². The Kier molecular flexibility index (Phi) is 7.93. The SMILES string of the molecule is c1ccc(-c2ccc(-c3ccccc3)c(-c3c4ccccc4c(-c4cc(-c5ccccc5)ccc4-c4ccccc4)c4cc5ccccc5cc34)c2)cc1. The summed E-state index contributed by atoms with van der Waals surface area (Å²) in [5, 5.41) is 7.43. The van der Waals surface area contributed by atoms with E-state index in [1.54, 1.807) is 0 Å². The zero-order valence-corrected chi connectivity index (χ0v) is 29.8. The van der Waals surface area contributed by atoms with Gasteiger partial charge in [-0.05, 0) is 123 Å². The molecule has 10 rings (SSSR count). The lowest BCUT2D eigenvalue weighted by Crippen LogP contribution is -1.95. The third-order valence-electron chi connectivity index (χ3n) is 10.9. The molecular formula is C54H36. The van der Waals surface area contributed by atoms with E-state index < -0.39 is 0 Å². The summed E-state index contributed by atoms with van der Waals surface area (Å²) in [6, 6.07) is 79.9. The lowest BCUT2D eigenvalue weighted by molar-refractivity contribution is 1.57. The van der Waals surface area contributed by atoms with Gasteiger partial charge in [0.25, 0.3) is 0 Å². The van der Waals surface area contributed by atoms with E-state index in [-0.39, 0.29) is 0 Å². The van der Waals surface area contributed by atoms with Gasteiger partial charge in [0, 0.05) is 0 Å². The third kappa shape index (κ3) is 5.57. The Balaban J connectivity index is 1.38. The van der Waals surface area contributed by atoms with Gasteiger partial charge < -0.3 is 0 Å². The van der Waals surface area contributed by atoms with Crippen LogP contribution in [0.15, 0.2) is 218 Å². The van der Waals surface area contributed by atoms with Crippen LogP contribution in [-0.4, -0.2) is 0 Å². The first kappa shape index (κ1) is 31.7. The van der Waals surface area contributed by atoms with E-state index in [9.17, 15) is 0 Å². The summed E-state index contributed by atoms with van der Waals surface area (Å²) in [5.74, 6) is 0. The van der Waals surface area contributed by atoms with E-state index >= 15 is 0 Å². The van der Waals surface area contributed by atoms with Crippen molar-refractivity contribution in [1.29, 1.82) is 0 Å². The van der Waals surface area contributed by atoms with Crippen LogP contribution in [0, 0.1) is 0 Å². The molecule has 0 heteroatoms. The van der Waals surface area contributed by atoms with Crippen molar-refractivity contribution in [3.05, 3.63) is 218 Å². The molecule has 0 saturated heterocycles. The van der Waals surface area contributed by atoms with Crippen molar-refractivity contribution in [1.82, 2.24) is 0 Å². The lowest BCUT2D eigenvalue weighted by atomic mass is 9.80. The van der Waals surface area contributed by atoms with Gasteiger partial charge in [-0.3, -0.25) is 0 Å². The van der Waals surface area contributed by atoms with Crippen LogP contribution >= 0.6 is 0 Å². The zero-order chi connectivity index (χ0) is 35.8. The highest BCUT2D eigenvalue weighted by Gasteiger charge is 2.22. The summed E-state index contributed by atoms with van der Waals surface area (Å²) < 4.78 is 0. The second-order valence-corrected chi connectivity index (χ2v) is 14.0. The Morgan fingerprint density at radius 3 is 0.907 bits per heavy atom. The van der Waals surface area contributed by atoms with Crippen molar-refractivity contribution < 1.29 is 0 Å². The Labute approximate surface area is 316 Å². The molecule has 0 heterocycles. The molecular weight excluding hydrogens is 649 g/mol. The topological polar surface area (TPSA) is 0 Å². The first-order valence-electron chi connectivity index (χ1n) is 18.7. The molecule has 0 nitrogen and oxygen atoms in total. The van der Waals surface area contributed by atoms with Crippen molar-refractivity contribution in [3.8, 4) is 66.8 Å². The molecule has 252 valence electrons. The van der Waals surface area contributed by atoms with E-state index in [2.05, 4.69) is 218 Å². The fourth-order valence-corrected chi connectivity index (χ4v) is 8.30. The van der Waals surface area contributed by atoms with Crippen LogP contribution in [0.1, 0.15) is 0 Å². The molecule has 0 aliphatic carbocycles. The number of hydrogen-bond acceptors (Lipinski definition) is 0. The van der Waals surface area contributed by atoms with Gasteiger partial charge in [0.05, 0.1) is 0 Å². The maximum atomic E-state index is 2.43. The van der Waals surface area contributed by atoms with Crippen LogP contribution in [0.2, 0.25) is 0 Å². The van der Waals surface area contributed by atoms with Crippen molar-refractivity contribution in [2.24, 2.45) is 0 Å². The molecule has 0 unspecified atom stereocenters. The van der Waals surface area contributed by atoms with Crippen LogP contribution in [0.5, 0.6) is 0 Å². The average Bonchev–Trinajstić information content (AvgIpc) is 3.26. The highest BCUT2D eigenvalue weighted by molar-refractivity contribution is 6.25. The molecule has 0 atom stereocenters. The van der Waals surface area contributed by atoms with Crippen LogP contribution < -0.4 is 0 Å². The molecule has 0 aliphatic rings. The number of hydrogen-bond donors (Lipinski definition) is 0. The van der Waals surface area contributed by atoms with E-state index in [1.807, 2.05) is 0 Å². The van der Waals surface area contributed by atoms with Crippen LogP contribution in [-0.2, 0) is 0 Å². The van der Waals surface area contributed by atoms with Crippen molar-refractivity contribution >= 4 is 32.3 Å². The molecule has 0 fully saturated rings. The van der Waals surface area contributed by atoms with Crippen LogP contribution in [0.25, 0.3) is 99.1 Å². The van der Waals surface area contributed by atoms with Crippen molar-refractivity contribution in [3.63, 3.8) is 0 Å². The first-order valence-corrected chi connectivity index (χ1v) is 18.7.